The molecule has 2 aromatic carbocycles. The first kappa shape index (κ1) is 22.0. The lowest BCUT2D eigenvalue weighted by Gasteiger charge is -2.36. The van der Waals surface area contributed by atoms with Crippen LogP contribution in [0.3, 0.4) is 0 Å². The summed E-state index contributed by atoms with van der Waals surface area (Å²) in [6, 6.07) is 14.9. The van der Waals surface area contributed by atoms with E-state index in [2.05, 4.69) is 20.9 Å². The molecule has 0 amide bonds. The van der Waals surface area contributed by atoms with Gasteiger partial charge in [-0.15, -0.1) is 0 Å². The van der Waals surface area contributed by atoms with Crippen molar-refractivity contribution >= 4 is 10.0 Å². The molecule has 4 rings (SSSR count). The number of fused-ring (bicyclic) bond motifs is 1. The fraction of sp³-hybridized carbons (Fsp3) is 0.348. The summed E-state index contributed by atoms with van der Waals surface area (Å²) < 4.78 is 38.6. The van der Waals surface area contributed by atoms with Crippen molar-refractivity contribution in [2.24, 2.45) is 0 Å². The van der Waals surface area contributed by atoms with E-state index in [1.165, 1.54) is 0 Å². The molecule has 1 N–H and O–H groups in total. The maximum atomic E-state index is 12.3. The third kappa shape index (κ3) is 4.24. The van der Waals surface area contributed by atoms with Crippen LogP contribution in [0.15, 0.2) is 47.0 Å². The van der Waals surface area contributed by atoms with Gasteiger partial charge in [0.1, 0.15) is 17.4 Å². The highest BCUT2D eigenvalue weighted by Gasteiger charge is 2.44. The molecule has 0 saturated carbocycles. The molecule has 3 aromatic rings. The number of hydrogen-bond donors (Lipinski definition) is 1. The summed E-state index contributed by atoms with van der Waals surface area (Å²) in [4.78, 5) is 4.57. The van der Waals surface area contributed by atoms with Crippen LogP contribution in [0.2, 0.25) is 0 Å². The molecule has 32 heavy (non-hydrogen) atoms. The Morgan fingerprint density at radius 1 is 1.25 bits per heavy atom. The Morgan fingerprint density at radius 3 is 2.75 bits per heavy atom. The predicted octanol–water partition coefficient (Wildman–Crippen LogP) is 3.52. The third-order valence-electron chi connectivity index (χ3n) is 5.35. The number of aryl methyl sites for hydroxylation is 1. The maximum absolute atomic E-state index is 12.3. The Hall–Kier alpha value is -3.22. The van der Waals surface area contributed by atoms with E-state index >= 15 is 0 Å². The first-order chi connectivity index (χ1) is 15.2. The Balaban J connectivity index is 1.80. The third-order valence-corrected chi connectivity index (χ3v) is 6.07. The molecule has 1 aliphatic rings. The minimum Gasteiger partial charge on any atom is -0.490 e. The molecule has 0 unspecified atom stereocenters. The van der Waals surface area contributed by atoms with Gasteiger partial charge in [0.2, 0.25) is 10.0 Å². The number of ether oxygens (including phenoxy) is 1. The number of nitrogens with one attached hydrogen (secondary N) is 1. The highest BCUT2D eigenvalue weighted by molar-refractivity contribution is 7.88. The van der Waals surface area contributed by atoms with E-state index < -0.39 is 15.6 Å². The van der Waals surface area contributed by atoms with Crippen molar-refractivity contribution < 1.29 is 17.7 Å². The molecule has 166 valence electrons. The summed E-state index contributed by atoms with van der Waals surface area (Å²) >= 11 is 0. The molecule has 1 atom stereocenters. The standard InChI is InChI=1S/C23H24N4O4S/c1-15(2)30-20-11-10-17(13-18(20)14-24)21-25-22(26-31-21)23(27-32(3,28)29)12-6-8-16-7-4-5-9-19(16)23/h4-5,7,9-11,13,15,27H,6,8,12H2,1-3H3/t23-/m1/s1. The van der Waals surface area contributed by atoms with Gasteiger partial charge in [0.25, 0.3) is 5.89 Å². The lowest BCUT2D eigenvalue weighted by molar-refractivity contribution is 0.241. The van der Waals surface area contributed by atoms with Crippen LogP contribution >= 0.6 is 0 Å². The van der Waals surface area contributed by atoms with Crippen LogP contribution in [0, 0.1) is 11.3 Å². The van der Waals surface area contributed by atoms with Crippen LogP contribution in [-0.2, 0) is 22.0 Å². The monoisotopic (exact) mass is 452 g/mol. The number of sulfonamides is 1. The summed E-state index contributed by atoms with van der Waals surface area (Å²) in [5, 5.41) is 13.7. The average Bonchev–Trinajstić information content (AvgIpc) is 3.24. The second kappa shape index (κ2) is 8.37. The fourth-order valence-electron chi connectivity index (χ4n) is 4.15. The normalized spacial score (nSPS) is 18.2. The second-order valence-electron chi connectivity index (χ2n) is 8.20. The molecule has 9 heteroatoms. The van der Waals surface area contributed by atoms with E-state index in [1.54, 1.807) is 18.2 Å². The smallest absolute Gasteiger partial charge is 0.258 e. The summed E-state index contributed by atoms with van der Waals surface area (Å²) in [5.41, 5.74) is 1.65. The molecule has 0 saturated heterocycles. The minimum atomic E-state index is -3.59. The van der Waals surface area contributed by atoms with E-state index in [0.29, 0.717) is 23.3 Å². The second-order valence-corrected chi connectivity index (χ2v) is 9.95. The predicted molar refractivity (Wildman–Crippen MR) is 118 cm³/mol. The molecule has 0 spiro atoms. The number of nitriles is 1. The highest BCUT2D eigenvalue weighted by Crippen LogP contribution is 2.40. The molecule has 0 bridgehead atoms. The van der Waals surface area contributed by atoms with Crippen LogP contribution in [-0.4, -0.2) is 30.9 Å². The van der Waals surface area contributed by atoms with Crippen LogP contribution in [0.5, 0.6) is 5.75 Å². The first-order valence-corrected chi connectivity index (χ1v) is 12.2. The lowest BCUT2D eigenvalue weighted by atomic mass is 9.76. The lowest BCUT2D eigenvalue weighted by Crippen LogP contribution is -2.49. The molecule has 1 heterocycles. The zero-order valence-electron chi connectivity index (χ0n) is 18.1. The summed E-state index contributed by atoms with van der Waals surface area (Å²) in [6.07, 6.45) is 3.16. The highest BCUT2D eigenvalue weighted by atomic mass is 32.2. The number of nitrogens with zero attached hydrogens (tertiary/aromatic N) is 3. The summed E-state index contributed by atoms with van der Waals surface area (Å²) in [5.74, 6) is 0.916. The van der Waals surface area contributed by atoms with Gasteiger partial charge in [-0.1, -0.05) is 29.4 Å². The van der Waals surface area contributed by atoms with Gasteiger partial charge in [-0.25, -0.2) is 8.42 Å². The average molecular weight is 453 g/mol. The van der Waals surface area contributed by atoms with Crippen LogP contribution in [0.25, 0.3) is 11.5 Å². The van der Waals surface area contributed by atoms with Crippen molar-refractivity contribution in [3.8, 4) is 23.3 Å². The molecule has 0 aliphatic heterocycles. The van der Waals surface area contributed by atoms with Crippen LogP contribution in [0.1, 0.15) is 49.2 Å². The molecule has 0 fully saturated rings. The summed E-state index contributed by atoms with van der Waals surface area (Å²) in [7, 11) is -3.59. The van der Waals surface area contributed by atoms with Crippen LogP contribution < -0.4 is 9.46 Å². The minimum absolute atomic E-state index is 0.0729. The Kier molecular flexibility index (Phi) is 5.75. The van der Waals surface area contributed by atoms with Gasteiger partial charge < -0.3 is 9.26 Å². The molecule has 1 aromatic heterocycles. The van der Waals surface area contributed by atoms with Gasteiger partial charge in [0.15, 0.2) is 5.82 Å². The Labute approximate surface area is 187 Å². The molecular weight excluding hydrogens is 428 g/mol. The molecular formula is C23H24N4O4S. The van der Waals surface area contributed by atoms with Crippen molar-refractivity contribution in [1.29, 1.82) is 5.26 Å². The molecule has 1 aliphatic carbocycles. The first-order valence-electron chi connectivity index (χ1n) is 10.3. The van der Waals surface area contributed by atoms with Crippen molar-refractivity contribution in [3.63, 3.8) is 0 Å². The van der Waals surface area contributed by atoms with Crippen molar-refractivity contribution in [1.82, 2.24) is 14.9 Å². The SMILES string of the molecule is CC(C)Oc1ccc(-c2nc([C@@]3(NS(C)(=O)=O)CCCc4ccccc43)no2)cc1C#N. The van der Waals surface area contributed by atoms with Crippen LogP contribution in [0.4, 0.5) is 0 Å². The van der Waals surface area contributed by atoms with E-state index in [0.717, 1.165) is 30.2 Å². The van der Waals surface area contributed by atoms with Gasteiger partial charge >= 0.3 is 0 Å². The number of benzene rings is 2. The molecule has 0 radical (unpaired) electrons. The van der Waals surface area contributed by atoms with E-state index in [9.17, 15) is 13.7 Å². The van der Waals surface area contributed by atoms with Crippen molar-refractivity contribution in [3.05, 3.63) is 65.0 Å². The topological polar surface area (TPSA) is 118 Å². The molecule has 8 nitrogen and oxygen atoms in total. The van der Waals surface area contributed by atoms with E-state index in [1.807, 2.05) is 38.1 Å². The van der Waals surface area contributed by atoms with Gasteiger partial charge in [-0.05, 0) is 62.4 Å². The Morgan fingerprint density at radius 2 is 2.03 bits per heavy atom. The zero-order valence-corrected chi connectivity index (χ0v) is 18.9. The fourth-order valence-corrected chi connectivity index (χ4v) is 5.09. The van der Waals surface area contributed by atoms with E-state index in [4.69, 9.17) is 9.26 Å². The van der Waals surface area contributed by atoms with Gasteiger partial charge in [-0.3, -0.25) is 0 Å². The number of rotatable bonds is 6. The van der Waals surface area contributed by atoms with Gasteiger partial charge in [0, 0.05) is 5.56 Å². The van der Waals surface area contributed by atoms with Crippen molar-refractivity contribution in [2.75, 3.05) is 6.26 Å². The largest absolute Gasteiger partial charge is 0.490 e. The Bertz CT molecular complexity index is 1290. The van der Waals surface area contributed by atoms with Gasteiger partial charge in [0.05, 0.1) is 17.9 Å². The number of aromatic nitrogens is 2. The maximum Gasteiger partial charge on any atom is 0.258 e. The van der Waals surface area contributed by atoms with Gasteiger partial charge in [-0.2, -0.15) is 15.0 Å². The number of hydrogen-bond acceptors (Lipinski definition) is 7. The quantitative estimate of drug-likeness (QED) is 0.608. The van der Waals surface area contributed by atoms with E-state index in [-0.39, 0.29) is 17.8 Å². The summed E-state index contributed by atoms with van der Waals surface area (Å²) in [6.45, 7) is 3.77. The zero-order chi connectivity index (χ0) is 22.9. The van der Waals surface area contributed by atoms with Crippen molar-refractivity contribution in [2.45, 2.75) is 44.8 Å².